The van der Waals surface area contributed by atoms with Crippen LogP contribution >= 0.6 is 11.3 Å². The lowest BCUT2D eigenvalue weighted by molar-refractivity contribution is 0.101. The van der Waals surface area contributed by atoms with Gasteiger partial charge in [-0.05, 0) is 33.7 Å². The van der Waals surface area contributed by atoms with Crippen molar-refractivity contribution < 1.29 is 4.74 Å². The average Bonchev–Trinajstić information content (AvgIpc) is 2.64. The molecule has 3 N–H and O–H groups in total. The first-order valence-corrected chi connectivity index (χ1v) is 6.80. The fraction of sp³-hybridized carbons (Fsp3) is 0.750. The van der Waals surface area contributed by atoms with Gasteiger partial charge in [-0.2, -0.15) is 0 Å². The van der Waals surface area contributed by atoms with E-state index in [1.54, 1.807) is 18.4 Å². The number of thiazole rings is 1. The SMILES string of the molecule is COC(CN)CCNC(C)c1sc(C)nc1C. The molecule has 0 amide bonds. The third-order valence-electron chi connectivity index (χ3n) is 2.85. The van der Waals surface area contributed by atoms with E-state index in [1.165, 1.54) is 4.88 Å². The average molecular weight is 257 g/mol. The smallest absolute Gasteiger partial charge is 0.0900 e. The van der Waals surface area contributed by atoms with Gasteiger partial charge in [0, 0.05) is 24.6 Å². The summed E-state index contributed by atoms with van der Waals surface area (Å²) in [4.78, 5) is 5.76. The van der Waals surface area contributed by atoms with Crippen LogP contribution in [0.15, 0.2) is 0 Å². The first-order valence-electron chi connectivity index (χ1n) is 5.98. The Morgan fingerprint density at radius 1 is 1.47 bits per heavy atom. The molecule has 98 valence electrons. The molecule has 2 atom stereocenters. The fourth-order valence-electron chi connectivity index (χ4n) is 1.83. The molecule has 0 saturated heterocycles. The monoisotopic (exact) mass is 257 g/mol. The van der Waals surface area contributed by atoms with Gasteiger partial charge in [0.15, 0.2) is 0 Å². The molecule has 4 nitrogen and oxygen atoms in total. The van der Waals surface area contributed by atoms with Crippen LogP contribution in [0, 0.1) is 13.8 Å². The van der Waals surface area contributed by atoms with E-state index in [1.807, 2.05) is 6.92 Å². The fourth-order valence-corrected chi connectivity index (χ4v) is 2.79. The summed E-state index contributed by atoms with van der Waals surface area (Å²) in [5.74, 6) is 0. The minimum absolute atomic E-state index is 0.152. The third kappa shape index (κ3) is 4.35. The Kier molecular flexibility index (Phi) is 6.05. The summed E-state index contributed by atoms with van der Waals surface area (Å²) in [5.41, 5.74) is 6.71. The molecule has 1 aromatic heterocycles. The molecule has 1 rings (SSSR count). The van der Waals surface area contributed by atoms with Gasteiger partial charge in [-0.15, -0.1) is 11.3 Å². The summed E-state index contributed by atoms with van der Waals surface area (Å²) in [6.45, 7) is 7.76. The number of nitrogens with two attached hydrogens (primary N) is 1. The Bertz CT molecular complexity index is 336. The molecule has 0 fully saturated rings. The Labute approximate surface area is 108 Å². The maximum absolute atomic E-state index is 5.58. The largest absolute Gasteiger partial charge is 0.380 e. The summed E-state index contributed by atoms with van der Waals surface area (Å²) in [5, 5.41) is 4.61. The zero-order valence-electron chi connectivity index (χ0n) is 11.1. The molecule has 0 radical (unpaired) electrons. The van der Waals surface area contributed by atoms with Gasteiger partial charge in [0.2, 0.25) is 0 Å². The molecule has 17 heavy (non-hydrogen) atoms. The molecule has 1 aromatic rings. The summed E-state index contributed by atoms with van der Waals surface area (Å²) in [6.07, 6.45) is 1.09. The Morgan fingerprint density at radius 3 is 2.65 bits per heavy atom. The van der Waals surface area contributed by atoms with E-state index in [0.29, 0.717) is 12.6 Å². The second kappa shape index (κ2) is 7.06. The van der Waals surface area contributed by atoms with Gasteiger partial charge < -0.3 is 15.8 Å². The lowest BCUT2D eigenvalue weighted by atomic mass is 10.2. The topological polar surface area (TPSA) is 60.2 Å². The van der Waals surface area contributed by atoms with Crippen LogP contribution in [-0.2, 0) is 4.74 Å². The van der Waals surface area contributed by atoms with Crippen molar-refractivity contribution in [3.8, 4) is 0 Å². The zero-order chi connectivity index (χ0) is 12.8. The number of ether oxygens (including phenoxy) is 1. The molecular weight excluding hydrogens is 234 g/mol. The van der Waals surface area contributed by atoms with Crippen molar-refractivity contribution in [2.45, 2.75) is 39.3 Å². The van der Waals surface area contributed by atoms with E-state index in [4.69, 9.17) is 10.5 Å². The Hall–Kier alpha value is -0.490. The molecule has 0 aliphatic rings. The molecule has 0 saturated carbocycles. The van der Waals surface area contributed by atoms with Crippen LogP contribution in [0.3, 0.4) is 0 Å². The van der Waals surface area contributed by atoms with Crippen molar-refractivity contribution in [2.75, 3.05) is 20.2 Å². The van der Waals surface area contributed by atoms with Crippen LogP contribution in [-0.4, -0.2) is 31.3 Å². The number of hydrogen-bond acceptors (Lipinski definition) is 5. The molecular formula is C12H23N3OS. The van der Waals surface area contributed by atoms with Gasteiger partial charge in [0.25, 0.3) is 0 Å². The van der Waals surface area contributed by atoms with Crippen molar-refractivity contribution in [1.82, 2.24) is 10.3 Å². The normalized spacial score (nSPS) is 14.9. The van der Waals surface area contributed by atoms with Crippen molar-refractivity contribution >= 4 is 11.3 Å². The molecule has 0 aromatic carbocycles. The van der Waals surface area contributed by atoms with Crippen LogP contribution in [0.5, 0.6) is 0 Å². The van der Waals surface area contributed by atoms with Crippen LogP contribution in [0.1, 0.15) is 35.0 Å². The maximum atomic E-state index is 5.58. The quantitative estimate of drug-likeness (QED) is 0.781. The van der Waals surface area contributed by atoms with Gasteiger partial charge in [-0.3, -0.25) is 0 Å². The van der Waals surface area contributed by atoms with Crippen LogP contribution in [0.25, 0.3) is 0 Å². The third-order valence-corrected chi connectivity index (χ3v) is 4.10. The highest BCUT2D eigenvalue weighted by Crippen LogP contribution is 2.24. The lowest BCUT2D eigenvalue weighted by Crippen LogP contribution is -2.28. The van der Waals surface area contributed by atoms with Gasteiger partial charge in [-0.25, -0.2) is 4.98 Å². The number of aryl methyl sites for hydroxylation is 2. The number of nitrogens with one attached hydrogen (secondary N) is 1. The molecule has 5 heteroatoms. The van der Waals surface area contributed by atoms with Crippen molar-refractivity contribution in [3.63, 3.8) is 0 Å². The second-order valence-corrected chi connectivity index (χ2v) is 5.48. The van der Waals surface area contributed by atoms with Gasteiger partial charge in [0.1, 0.15) is 0 Å². The number of nitrogens with zero attached hydrogens (tertiary/aromatic N) is 1. The van der Waals surface area contributed by atoms with Gasteiger partial charge in [0.05, 0.1) is 16.8 Å². The van der Waals surface area contributed by atoms with E-state index in [0.717, 1.165) is 23.7 Å². The second-order valence-electron chi connectivity index (χ2n) is 4.24. The molecule has 0 spiro atoms. The maximum Gasteiger partial charge on any atom is 0.0900 e. The van der Waals surface area contributed by atoms with E-state index >= 15 is 0 Å². The summed E-state index contributed by atoms with van der Waals surface area (Å²) >= 11 is 1.76. The predicted molar refractivity (Wildman–Crippen MR) is 72.5 cm³/mol. The van der Waals surface area contributed by atoms with Crippen LogP contribution in [0.4, 0.5) is 0 Å². The van der Waals surface area contributed by atoms with Crippen LogP contribution < -0.4 is 11.1 Å². The summed E-state index contributed by atoms with van der Waals surface area (Å²) in [6, 6.07) is 0.344. The number of rotatable bonds is 7. The van der Waals surface area contributed by atoms with Crippen LogP contribution in [0.2, 0.25) is 0 Å². The van der Waals surface area contributed by atoms with E-state index < -0.39 is 0 Å². The summed E-state index contributed by atoms with van der Waals surface area (Å²) < 4.78 is 5.24. The predicted octanol–water partition coefficient (Wildman–Crippen LogP) is 1.77. The highest BCUT2D eigenvalue weighted by Gasteiger charge is 2.13. The molecule has 2 unspecified atom stereocenters. The van der Waals surface area contributed by atoms with E-state index in [9.17, 15) is 0 Å². The number of methoxy groups -OCH3 is 1. The lowest BCUT2D eigenvalue weighted by Gasteiger charge is -2.16. The van der Waals surface area contributed by atoms with Gasteiger partial charge in [-0.1, -0.05) is 0 Å². The highest BCUT2D eigenvalue weighted by molar-refractivity contribution is 7.11. The van der Waals surface area contributed by atoms with E-state index in [2.05, 4.69) is 24.1 Å². The van der Waals surface area contributed by atoms with E-state index in [-0.39, 0.29) is 6.10 Å². The molecule has 1 heterocycles. The first-order chi connectivity index (χ1) is 8.08. The van der Waals surface area contributed by atoms with Crippen molar-refractivity contribution in [2.24, 2.45) is 5.73 Å². The number of aromatic nitrogens is 1. The standard InChI is InChI=1S/C12H23N3OS/c1-8(12-9(2)15-10(3)17-12)14-6-5-11(7-13)16-4/h8,11,14H,5-7,13H2,1-4H3. The minimum atomic E-state index is 0.152. The Morgan fingerprint density at radius 2 is 2.18 bits per heavy atom. The first kappa shape index (κ1) is 14.6. The number of hydrogen-bond donors (Lipinski definition) is 2. The van der Waals surface area contributed by atoms with Gasteiger partial charge >= 0.3 is 0 Å². The molecule has 0 bridgehead atoms. The highest BCUT2D eigenvalue weighted by atomic mass is 32.1. The van der Waals surface area contributed by atoms with Crippen molar-refractivity contribution in [1.29, 1.82) is 0 Å². The zero-order valence-corrected chi connectivity index (χ0v) is 11.9. The summed E-state index contributed by atoms with van der Waals surface area (Å²) in [7, 11) is 1.71. The Balaban J connectivity index is 2.39. The minimum Gasteiger partial charge on any atom is -0.380 e. The van der Waals surface area contributed by atoms with Crippen molar-refractivity contribution in [3.05, 3.63) is 15.6 Å². The molecule has 0 aliphatic heterocycles. The molecule has 0 aliphatic carbocycles.